The molecule has 1 saturated heterocycles. The van der Waals surface area contributed by atoms with Gasteiger partial charge in [-0.3, -0.25) is 4.90 Å². The second-order valence-corrected chi connectivity index (χ2v) is 9.42. The molecular formula is C25H38N2O. The van der Waals surface area contributed by atoms with E-state index in [1.54, 1.807) is 0 Å². The summed E-state index contributed by atoms with van der Waals surface area (Å²) in [6, 6.07) is 7.24. The van der Waals surface area contributed by atoms with Crippen molar-refractivity contribution in [2.24, 2.45) is 5.41 Å². The average Bonchev–Trinajstić information content (AvgIpc) is 2.66. The molecule has 1 aliphatic carbocycles. The number of allylic oxidation sites excluding steroid dienone is 4. The average molecular weight is 383 g/mol. The molecule has 3 rings (SSSR count). The summed E-state index contributed by atoms with van der Waals surface area (Å²) < 4.78 is 6.04. The topological polar surface area (TPSA) is 24.5 Å². The van der Waals surface area contributed by atoms with Gasteiger partial charge in [0.15, 0.2) is 0 Å². The Kier molecular flexibility index (Phi) is 7.00. The first kappa shape index (κ1) is 21.1. The number of ether oxygens (including phenoxy) is 1. The largest absolute Gasteiger partial charge is 0.494 e. The molecule has 2 atom stereocenters. The van der Waals surface area contributed by atoms with Gasteiger partial charge in [-0.1, -0.05) is 45.1 Å². The highest BCUT2D eigenvalue weighted by Crippen LogP contribution is 2.36. The highest BCUT2D eigenvalue weighted by molar-refractivity contribution is 5.42. The summed E-state index contributed by atoms with van der Waals surface area (Å²) in [6.45, 7) is 16.6. The Bertz CT molecular complexity index is 714. The van der Waals surface area contributed by atoms with Crippen molar-refractivity contribution < 1.29 is 4.74 Å². The van der Waals surface area contributed by atoms with E-state index in [9.17, 15) is 0 Å². The Morgan fingerprint density at radius 2 is 2.07 bits per heavy atom. The molecule has 1 aromatic rings. The van der Waals surface area contributed by atoms with Gasteiger partial charge in [0.05, 0.1) is 6.61 Å². The first-order chi connectivity index (χ1) is 13.3. The van der Waals surface area contributed by atoms with Crippen LogP contribution in [-0.4, -0.2) is 43.7 Å². The summed E-state index contributed by atoms with van der Waals surface area (Å²) in [5.74, 6) is 1.48. The van der Waals surface area contributed by atoms with Crippen molar-refractivity contribution >= 4 is 0 Å². The van der Waals surface area contributed by atoms with Crippen molar-refractivity contribution in [3.8, 4) is 5.75 Å². The SMILES string of the molecule is Cc1cc(OCCCN2CCNCC2C)ccc1C1C=CC(C(C)(C)C)=CC1. The van der Waals surface area contributed by atoms with Crippen molar-refractivity contribution in [3.63, 3.8) is 0 Å². The fourth-order valence-electron chi connectivity index (χ4n) is 4.23. The lowest BCUT2D eigenvalue weighted by atomic mass is 9.79. The number of nitrogens with zero attached hydrogens (tertiary/aromatic N) is 1. The van der Waals surface area contributed by atoms with Gasteiger partial charge < -0.3 is 10.1 Å². The van der Waals surface area contributed by atoms with Gasteiger partial charge in [-0.15, -0.1) is 0 Å². The second kappa shape index (κ2) is 9.28. The lowest BCUT2D eigenvalue weighted by molar-refractivity contribution is 0.160. The van der Waals surface area contributed by atoms with E-state index in [0.29, 0.717) is 12.0 Å². The Morgan fingerprint density at radius 1 is 1.25 bits per heavy atom. The van der Waals surface area contributed by atoms with E-state index in [1.807, 2.05) is 0 Å². The van der Waals surface area contributed by atoms with E-state index >= 15 is 0 Å². The molecule has 1 heterocycles. The number of piperazine rings is 1. The normalized spacial score (nSPS) is 23.5. The Hall–Kier alpha value is -1.58. The first-order valence-electron chi connectivity index (χ1n) is 10.9. The summed E-state index contributed by atoms with van der Waals surface area (Å²) in [5.41, 5.74) is 4.43. The molecule has 0 spiro atoms. The van der Waals surface area contributed by atoms with E-state index < -0.39 is 0 Å². The molecule has 0 saturated carbocycles. The third-order valence-electron chi connectivity index (χ3n) is 6.10. The zero-order chi connectivity index (χ0) is 20.1. The highest BCUT2D eigenvalue weighted by atomic mass is 16.5. The summed E-state index contributed by atoms with van der Waals surface area (Å²) in [4.78, 5) is 2.56. The minimum Gasteiger partial charge on any atom is -0.494 e. The molecule has 154 valence electrons. The van der Waals surface area contributed by atoms with Crippen molar-refractivity contribution in [2.45, 2.75) is 59.4 Å². The zero-order valence-corrected chi connectivity index (χ0v) is 18.4. The van der Waals surface area contributed by atoms with Crippen LogP contribution in [0, 0.1) is 12.3 Å². The van der Waals surface area contributed by atoms with Crippen LogP contribution in [0.15, 0.2) is 42.0 Å². The molecular weight excluding hydrogens is 344 g/mol. The van der Waals surface area contributed by atoms with Crippen LogP contribution < -0.4 is 10.1 Å². The van der Waals surface area contributed by atoms with Gasteiger partial charge in [0.2, 0.25) is 0 Å². The Balaban J connectivity index is 1.49. The molecule has 0 amide bonds. The molecule has 1 N–H and O–H groups in total. The minimum atomic E-state index is 0.233. The molecule has 0 radical (unpaired) electrons. The third kappa shape index (κ3) is 5.48. The number of benzene rings is 1. The Labute approximate surface area is 171 Å². The minimum absolute atomic E-state index is 0.233. The van der Waals surface area contributed by atoms with Crippen LogP contribution in [0.25, 0.3) is 0 Å². The van der Waals surface area contributed by atoms with Crippen LogP contribution >= 0.6 is 0 Å². The van der Waals surface area contributed by atoms with Crippen LogP contribution in [0.2, 0.25) is 0 Å². The molecule has 1 fully saturated rings. The number of rotatable bonds is 6. The maximum Gasteiger partial charge on any atom is 0.119 e. The summed E-state index contributed by atoms with van der Waals surface area (Å²) in [6.07, 6.45) is 9.27. The quantitative estimate of drug-likeness (QED) is 0.695. The number of aryl methyl sites for hydroxylation is 1. The van der Waals surface area contributed by atoms with Gasteiger partial charge in [0, 0.05) is 38.1 Å². The van der Waals surface area contributed by atoms with Gasteiger partial charge in [-0.25, -0.2) is 0 Å². The van der Waals surface area contributed by atoms with E-state index in [0.717, 1.165) is 51.4 Å². The molecule has 3 nitrogen and oxygen atoms in total. The predicted molar refractivity (Wildman–Crippen MR) is 119 cm³/mol. The molecule has 1 aromatic carbocycles. The van der Waals surface area contributed by atoms with Crippen molar-refractivity contribution in [1.29, 1.82) is 0 Å². The number of hydrogen-bond acceptors (Lipinski definition) is 3. The lowest BCUT2D eigenvalue weighted by Crippen LogP contribution is -2.50. The van der Waals surface area contributed by atoms with Crippen LogP contribution in [0.4, 0.5) is 0 Å². The molecule has 0 aromatic heterocycles. The van der Waals surface area contributed by atoms with E-state index in [-0.39, 0.29) is 5.41 Å². The molecule has 2 aliphatic rings. The highest BCUT2D eigenvalue weighted by Gasteiger charge is 2.20. The molecule has 1 aliphatic heterocycles. The van der Waals surface area contributed by atoms with Gasteiger partial charge in [0.1, 0.15) is 5.75 Å². The molecule has 28 heavy (non-hydrogen) atoms. The van der Waals surface area contributed by atoms with Crippen molar-refractivity contribution in [1.82, 2.24) is 10.2 Å². The van der Waals surface area contributed by atoms with E-state index in [4.69, 9.17) is 4.74 Å². The zero-order valence-electron chi connectivity index (χ0n) is 18.4. The van der Waals surface area contributed by atoms with E-state index in [2.05, 4.69) is 81.3 Å². The summed E-state index contributed by atoms with van der Waals surface area (Å²) in [7, 11) is 0. The van der Waals surface area contributed by atoms with E-state index in [1.165, 1.54) is 16.7 Å². The molecule has 2 unspecified atom stereocenters. The van der Waals surface area contributed by atoms with Crippen molar-refractivity contribution in [2.75, 3.05) is 32.8 Å². The predicted octanol–water partition coefficient (Wildman–Crippen LogP) is 5.07. The monoisotopic (exact) mass is 382 g/mol. The standard InChI is InChI=1S/C25H38N2O/c1-19-17-23(28-16-6-14-27-15-13-26-18-20(27)2)11-12-24(19)21-7-9-22(10-8-21)25(3,4)5/h7,9-12,17,20-21,26H,6,8,13-16,18H2,1-5H3. The fourth-order valence-corrected chi connectivity index (χ4v) is 4.23. The fraction of sp³-hybridized carbons (Fsp3) is 0.600. The van der Waals surface area contributed by atoms with Crippen LogP contribution in [0.5, 0.6) is 5.75 Å². The molecule has 3 heteroatoms. The number of nitrogens with one attached hydrogen (secondary N) is 1. The number of hydrogen-bond donors (Lipinski definition) is 1. The van der Waals surface area contributed by atoms with Crippen LogP contribution in [0.3, 0.4) is 0 Å². The second-order valence-electron chi connectivity index (χ2n) is 9.42. The van der Waals surface area contributed by atoms with Crippen molar-refractivity contribution in [3.05, 3.63) is 53.1 Å². The van der Waals surface area contributed by atoms with Crippen LogP contribution in [-0.2, 0) is 0 Å². The first-order valence-corrected chi connectivity index (χ1v) is 10.9. The molecule has 0 bridgehead atoms. The Morgan fingerprint density at radius 3 is 2.71 bits per heavy atom. The smallest absolute Gasteiger partial charge is 0.119 e. The maximum absolute atomic E-state index is 6.04. The summed E-state index contributed by atoms with van der Waals surface area (Å²) in [5, 5.41) is 3.45. The summed E-state index contributed by atoms with van der Waals surface area (Å²) >= 11 is 0. The van der Waals surface area contributed by atoms with Gasteiger partial charge in [-0.2, -0.15) is 0 Å². The van der Waals surface area contributed by atoms with Crippen LogP contribution in [0.1, 0.15) is 57.6 Å². The van der Waals surface area contributed by atoms with Gasteiger partial charge in [-0.05, 0) is 60.9 Å². The third-order valence-corrected chi connectivity index (χ3v) is 6.10. The van der Waals surface area contributed by atoms with Gasteiger partial charge >= 0.3 is 0 Å². The van der Waals surface area contributed by atoms with Gasteiger partial charge in [0.25, 0.3) is 0 Å². The lowest BCUT2D eigenvalue weighted by Gasteiger charge is -2.33. The maximum atomic E-state index is 6.04.